The molecule has 3 nitrogen and oxygen atoms in total. The normalized spacial score (nSPS) is 12.0. The summed E-state index contributed by atoms with van der Waals surface area (Å²) in [5, 5.41) is 3.22. The predicted octanol–water partition coefficient (Wildman–Crippen LogP) is 4.36. The van der Waals surface area contributed by atoms with Gasteiger partial charge in [-0.2, -0.15) is 0 Å². The van der Waals surface area contributed by atoms with Gasteiger partial charge in [-0.05, 0) is 40.5 Å². The second-order valence-electron chi connectivity index (χ2n) is 3.99. The van der Waals surface area contributed by atoms with Gasteiger partial charge in [0.2, 0.25) is 0 Å². The summed E-state index contributed by atoms with van der Waals surface area (Å²) >= 11 is 6.87. The van der Waals surface area contributed by atoms with Gasteiger partial charge < -0.3 is 10.1 Å². The number of halogens is 2. The molecule has 1 aromatic rings. The molecule has 0 saturated heterocycles. The molecule has 0 spiro atoms. The third-order valence-electron chi connectivity index (χ3n) is 2.59. The van der Waals surface area contributed by atoms with Crippen molar-refractivity contribution >= 4 is 43.5 Å². The zero-order valence-corrected chi connectivity index (χ0v) is 13.7. The lowest BCUT2D eigenvalue weighted by molar-refractivity contribution is -0.141. The standard InChI is InChI=1S/C13H17Br2NO2/c1-3-4-5-12(13(17)18-2)16-11-7-6-9(14)8-10(11)15/h6-8,12,16H,3-5H2,1-2H3. The Hall–Kier alpha value is -0.550. The van der Waals surface area contributed by atoms with Crippen LogP contribution in [0.1, 0.15) is 26.2 Å². The van der Waals surface area contributed by atoms with Crippen LogP contribution >= 0.6 is 31.9 Å². The molecule has 18 heavy (non-hydrogen) atoms. The van der Waals surface area contributed by atoms with Gasteiger partial charge in [-0.3, -0.25) is 0 Å². The Morgan fingerprint density at radius 3 is 2.72 bits per heavy atom. The van der Waals surface area contributed by atoms with Crippen molar-refractivity contribution in [3.63, 3.8) is 0 Å². The van der Waals surface area contributed by atoms with Crippen molar-refractivity contribution in [3.05, 3.63) is 27.1 Å². The quantitative estimate of drug-likeness (QED) is 0.747. The highest BCUT2D eigenvalue weighted by molar-refractivity contribution is 9.11. The predicted molar refractivity (Wildman–Crippen MR) is 80.8 cm³/mol. The van der Waals surface area contributed by atoms with Crippen LogP contribution in [-0.2, 0) is 9.53 Å². The molecular formula is C13H17Br2NO2. The highest BCUT2D eigenvalue weighted by Gasteiger charge is 2.19. The molecule has 5 heteroatoms. The molecule has 1 N–H and O–H groups in total. The molecule has 0 aliphatic heterocycles. The van der Waals surface area contributed by atoms with Crippen LogP contribution in [0.2, 0.25) is 0 Å². The van der Waals surface area contributed by atoms with Crippen LogP contribution in [0.25, 0.3) is 0 Å². The molecular weight excluding hydrogens is 362 g/mol. The summed E-state index contributed by atoms with van der Waals surface area (Å²) in [6.07, 6.45) is 2.81. The number of hydrogen-bond acceptors (Lipinski definition) is 3. The number of hydrogen-bond donors (Lipinski definition) is 1. The minimum atomic E-state index is -0.299. The average molecular weight is 379 g/mol. The zero-order chi connectivity index (χ0) is 13.5. The van der Waals surface area contributed by atoms with Gasteiger partial charge in [0.05, 0.1) is 7.11 Å². The zero-order valence-electron chi connectivity index (χ0n) is 10.5. The number of unbranched alkanes of at least 4 members (excludes halogenated alkanes) is 1. The average Bonchev–Trinajstić information content (AvgIpc) is 2.36. The Morgan fingerprint density at radius 2 is 2.17 bits per heavy atom. The lowest BCUT2D eigenvalue weighted by Gasteiger charge is -2.18. The van der Waals surface area contributed by atoms with Crippen molar-refractivity contribution in [2.45, 2.75) is 32.2 Å². The molecule has 1 atom stereocenters. The number of methoxy groups -OCH3 is 1. The first-order chi connectivity index (χ1) is 8.58. The highest BCUT2D eigenvalue weighted by Crippen LogP contribution is 2.27. The Bertz CT molecular complexity index is 410. The summed E-state index contributed by atoms with van der Waals surface area (Å²) in [7, 11) is 1.42. The third kappa shape index (κ3) is 4.61. The van der Waals surface area contributed by atoms with Crippen LogP contribution < -0.4 is 5.32 Å². The summed E-state index contributed by atoms with van der Waals surface area (Å²) in [4.78, 5) is 11.7. The van der Waals surface area contributed by atoms with Crippen LogP contribution in [0.3, 0.4) is 0 Å². The fraction of sp³-hybridized carbons (Fsp3) is 0.462. The molecule has 0 radical (unpaired) electrons. The summed E-state index contributed by atoms with van der Waals surface area (Å²) in [6, 6.07) is 5.50. The Kier molecular flexibility index (Phi) is 6.71. The number of nitrogens with one attached hydrogen (secondary N) is 1. The maximum atomic E-state index is 11.7. The van der Waals surface area contributed by atoms with Crippen molar-refractivity contribution in [3.8, 4) is 0 Å². The van der Waals surface area contributed by atoms with E-state index in [1.54, 1.807) is 0 Å². The first-order valence-corrected chi connectivity index (χ1v) is 7.46. The monoisotopic (exact) mass is 377 g/mol. The van der Waals surface area contributed by atoms with Crippen molar-refractivity contribution in [1.29, 1.82) is 0 Å². The van der Waals surface area contributed by atoms with E-state index in [9.17, 15) is 4.79 Å². The highest BCUT2D eigenvalue weighted by atomic mass is 79.9. The third-order valence-corrected chi connectivity index (χ3v) is 3.74. The smallest absolute Gasteiger partial charge is 0.328 e. The topological polar surface area (TPSA) is 38.3 Å². The number of carbonyl (C=O) groups is 1. The van der Waals surface area contributed by atoms with E-state index in [0.29, 0.717) is 0 Å². The van der Waals surface area contributed by atoms with Crippen LogP contribution in [0.15, 0.2) is 27.1 Å². The molecule has 1 aromatic carbocycles. The first kappa shape index (κ1) is 15.5. The second kappa shape index (κ2) is 7.79. The molecule has 0 bridgehead atoms. The molecule has 100 valence electrons. The fourth-order valence-corrected chi connectivity index (χ4v) is 2.76. The van der Waals surface area contributed by atoms with E-state index >= 15 is 0 Å². The molecule has 1 unspecified atom stereocenters. The van der Waals surface area contributed by atoms with Gasteiger partial charge in [-0.15, -0.1) is 0 Å². The van der Waals surface area contributed by atoms with E-state index in [2.05, 4.69) is 44.1 Å². The first-order valence-electron chi connectivity index (χ1n) is 5.88. The van der Waals surface area contributed by atoms with Crippen molar-refractivity contribution in [2.75, 3.05) is 12.4 Å². The van der Waals surface area contributed by atoms with Crippen LogP contribution in [0.5, 0.6) is 0 Å². The van der Waals surface area contributed by atoms with Crippen molar-refractivity contribution in [2.24, 2.45) is 0 Å². The van der Waals surface area contributed by atoms with Gasteiger partial charge in [0.1, 0.15) is 6.04 Å². The molecule has 0 aliphatic carbocycles. The fourth-order valence-electron chi connectivity index (χ4n) is 1.59. The second-order valence-corrected chi connectivity index (χ2v) is 5.76. The summed E-state index contributed by atoms with van der Waals surface area (Å²) in [6.45, 7) is 2.10. The van der Waals surface area contributed by atoms with Crippen LogP contribution in [0, 0.1) is 0 Å². The molecule has 0 aliphatic rings. The number of ether oxygens (including phenoxy) is 1. The van der Waals surface area contributed by atoms with E-state index in [-0.39, 0.29) is 12.0 Å². The summed E-state index contributed by atoms with van der Waals surface area (Å²) in [5.41, 5.74) is 0.893. The largest absolute Gasteiger partial charge is 0.467 e. The number of benzene rings is 1. The lowest BCUT2D eigenvalue weighted by Crippen LogP contribution is -2.30. The molecule has 1 rings (SSSR count). The van der Waals surface area contributed by atoms with E-state index in [1.165, 1.54) is 7.11 Å². The molecule has 0 amide bonds. The number of anilines is 1. The van der Waals surface area contributed by atoms with Gasteiger partial charge in [-0.25, -0.2) is 4.79 Å². The molecule has 0 heterocycles. The maximum absolute atomic E-state index is 11.7. The molecule has 0 fully saturated rings. The van der Waals surface area contributed by atoms with E-state index in [1.807, 2.05) is 18.2 Å². The van der Waals surface area contributed by atoms with Crippen molar-refractivity contribution in [1.82, 2.24) is 0 Å². The van der Waals surface area contributed by atoms with Gasteiger partial charge in [0.15, 0.2) is 0 Å². The molecule has 0 aromatic heterocycles. The Labute approximate surface area is 125 Å². The van der Waals surface area contributed by atoms with Crippen LogP contribution in [0.4, 0.5) is 5.69 Å². The van der Waals surface area contributed by atoms with Crippen molar-refractivity contribution < 1.29 is 9.53 Å². The van der Waals surface area contributed by atoms with Crippen LogP contribution in [-0.4, -0.2) is 19.1 Å². The van der Waals surface area contributed by atoms with E-state index in [0.717, 1.165) is 33.9 Å². The number of carbonyl (C=O) groups excluding carboxylic acids is 1. The summed E-state index contributed by atoms with van der Waals surface area (Å²) < 4.78 is 6.73. The van der Waals surface area contributed by atoms with Gasteiger partial charge in [0, 0.05) is 14.6 Å². The minimum Gasteiger partial charge on any atom is -0.467 e. The van der Waals surface area contributed by atoms with E-state index < -0.39 is 0 Å². The van der Waals surface area contributed by atoms with Gasteiger partial charge >= 0.3 is 5.97 Å². The number of rotatable bonds is 6. The maximum Gasteiger partial charge on any atom is 0.328 e. The SMILES string of the molecule is CCCCC(Nc1ccc(Br)cc1Br)C(=O)OC. The summed E-state index contributed by atoms with van der Waals surface area (Å²) in [5.74, 6) is -0.224. The number of esters is 1. The Balaban J connectivity index is 2.78. The van der Waals surface area contributed by atoms with E-state index in [4.69, 9.17) is 4.74 Å². The minimum absolute atomic E-state index is 0.224. The molecule has 0 saturated carbocycles. The van der Waals surface area contributed by atoms with Gasteiger partial charge in [-0.1, -0.05) is 35.7 Å². The Morgan fingerprint density at radius 1 is 1.44 bits per heavy atom. The van der Waals surface area contributed by atoms with Gasteiger partial charge in [0.25, 0.3) is 0 Å². The lowest BCUT2D eigenvalue weighted by atomic mass is 10.1.